The minimum absolute atomic E-state index is 0.339. The van der Waals surface area contributed by atoms with Crippen LogP contribution in [0.1, 0.15) is 0 Å². The van der Waals surface area contributed by atoms with Gasteiger partial charge in [0.15, 0.2) is 0 Å². The molecule has 0 aliphatic rings. The van der Waals surface area contributed by atoms with E-state index in [4.69, 9.17) is 0 Å². The molecule has 1 aromatic carbocycles. The predicted octanol–water partition coefficient (Wildman–Crippen LogP) is 2.46. The van der Waals surface area contributed by atoms with Crippen LogP contribution in [0.2, 0.25) is 0 Å². The number of amides is 1. The van der Waals surface area contributed by atoms with Gasteiger partial charge >= 0.3 is 0 Å². The molecule has 17 heavy (non-hydrogen) atoms. The maximum absolute atomic E-state index is 10.2. The van der Waals surface area contributed by atoms with Crippen molar-refractivity contribution in [3.05, 3.63) is 24.3 Å². The highest BCUT2D eigenvalue weighted by molar-refractivity contribution is 7.99. The van der Waals surface area contributed by atoms with Crippen LogP contribution in [-0.4, -0.2) is 22.0 Å². The van der Waals surface area contributed by atoms with Gasteiger partial charge in [0.1, 0.15) is 5.01 Å². The number of hydrogen-bond acceptors (Lipinski definition) is 6. The predicted molar refractivity (Wildman–Crippen MR) is 72.2 cm³/mol. The van der Waals surface area contributed by atoms with Crippen molar-refractivity contribution in [2.75, 3.05) is 16.3 Å². The number of carbonyl (C=O) groups is 1. The van der Waals surface area contributed by atoms with Gasteiger partial charge in [0.05, 0.1) is 0 Å². The van der Waals surface area contributed by atoms with E-state index in [9.17, 15) is 4.79 Å². The quantitative estimate of drug-likeness (QED) is 0.643. The van der Waals surface area contributed by atoms with Crippen LogP contribution in [0.15, 0.2) is 24.3 Å². The summed E-state index contributed by atoms with van der Waals surface area (Å²) in [5.74, 6) is 0.339. The van der Waals surface area contributed by atoms with Crippen LogP contribution >= 0.6 is 23.5 Å². The first-order valence-corrected chi connectivity index (χ1v) is 6.76. The van der Waals surface area contributed by atoms with Crippen LogP contribution in [-0.2, 0) is 4.79 Å². The average molecular weight is 266 g/mol. The summed E-state index contributed by atoms with van der Waals surface area (Å²) < 4.78 is 7.15. The normalized spacial score (nSPS) is 9.94. The van der Waals surface area contributed by atoms with Crippen molar-refractivity contribution in [3.8, 4) is 10.6 Å². The first kappa shape index (κ1) is 11.9. The van der Waals surface area contributed by atoms with Crippen molar-refractivity contribution in [2.24, 2.45) is 0 Å². The Labute approximate surface area is 107 Å². The highest BCUT2D eigenvalue weighted by Gasteiger charge is 2.05. The Kier molecular flexibility index (Phi) is 3.94. The van der Waals surface area contributed by atoms with Crippen LogP contribution < -0.4 is 10.0 Å². The fourth-order valence-electron chi connectivity index (χ4n) is 1.25. The van der Waals surface area contributed by atoms with Crippen molar-refractivity contribution in [2.45, 2.75) is 0 Å². The van der Waals surface area contributed by atoms with Gasteiger partial charge in [-0.05, 0) is 35.8 Å². The molecule has 7 heteroatoms. The molecule has 0 unspecified atom stereocenters. The third-order valence-electron chi connectivity index (χ3n) is 1.97. The zero-order valence-corrected chi connectivity index (χ0v) is 10.6. The highest BCUT2D eigenvalue weighted by Crippen LogP contribution is 2.24. The molecular formula is C10H10N4OS2. The number of carbonyl (C=O) groups excluding carboxylic acids is 1. The van der Waals surface area contributed by atoms with Gasteiger partial charge in [-0.1, -0.05) is 11.9 Å². The van der Waals surface area contributed by atoms with E-state index in [1.54, 1.807) is 11.9 Å². The molecule has 2 N–H and O–H groups in total. The van der Waals surface area contributed by atoms with E-state index < -0.39 is 0 Å². The number of anilines is 2. The summed E-state index contributed by atoms with van der Waals surface area (Å²) in [7, 11) is 0. The third-order valence-corrected chi connectivity index (χ3v) is 3.17. The molecule has 0 aliphatic heterocycles. The van der Waals surface area contributed by atoms with Gasteiger partial charge in [0, 0.05) is 17.5 Å². The molecule has 0 atom stereocenters. The van der Waals surface area contributed by atoms with Gasteiger partial charge in [-0.15, -0.1) is 0 Å². The minimum Gasteiger partial charge on any atom is -0.330 e. The molecule has 5 nitrogen and oxygen atoms in total. The Morgan fingerprint density at radius 1 is 1.35 bits per heavy atom. The molecule has 2 aromatic rings. The summed E-state index contributed by atoms with van der Waals surface area (Å²) in [6.07, 6.45) is 2.54. The fourth-order valence-corrected chi connectivity index (χ4v) is 2.26. The largest absolute Gasteiger partial charge is 0.330 e. The molecule has 0 radical (unpaired) electrons. The lowest BCUT2D eigenvalue weighted by atomic mass is 10.2. The second kappa shape index (κ2) is 5.65. The molecule has 1 amide bonds. The molecule has 0 bridgehead atoms. The molecule has 1 aromatic heterocycles. The molecule has 0 saturated heterocycles. The van der Waals surface area contributed by atoms with Gasteiger partial charge in [0.25, 0.3) is 0 Å². The molecular weight excluding hydrogens is 256 g/mol. The first-order valence-electron chi connectivity index (χ1n) is 4.77. The van der Waals surface area contributed by atoms with E-state index in [0.29, 0.717) is 12.4 Å². The zero-order valence-electron chi connectivity index (χ0n) is 9.01. The van der Waals surface area contributed by atoms with Gasteiger partial charge < -0.3 is 4.72 Å². The molecule has 0 saturated carbocycles. The van der Waals surface area contributed by atoms with Gasteiger partial charge in [-0.25, -0.2) is 0 Å². The minimum atomic E-state index is 0.339. The summed E-state index contributed by atoms with van der Waals surface area (Å²) in [6.45, 7) is 0. The number of hydrogen-bond donors (Lipinski definition) is 2. The maximum Gasteiger partial charge on any atom is 0.241 e. The second-order valence-electron chi connectivity index (χ2n) is 3.07. The Morgan fingerprint density at radius 2 is 2.12 bits per heavy atom. The van der Waals surface area contributed by atoms with Crippen molar-refractivity contribution < 1.29 is 4.79 Å². The molecule has 2 rings (SSSR count). The number of benzene rings is 1. The number of rotatable bonds is 5. The molecule has 88 valence electrons. The topological polar surface area (TPSA) is 66.9 Å². The first-order chi connectivity index (χ1) is 8.33. The number of nitrogens with zero attached hydrogens (tertiary/aromatic N) is 2. The second-order valence-corrected chi connectivity index (χ2v) is 4.43. The summed E-state index contributed by atoms with van der Waals surface area (Å²) in [4.78, 5) is 14.4. The van der Waals surface area contributed by atoms with Crippen molar-refractivity contribution >= 4 is 41.5 Å². The van der Waals surface area contributed by atoms with Crippen LogP contribution in [0.3, 0.4) is 0 Å². The zero-order chi connectivity index (χ0) is 12.1. The van der Waals surface area contributed by atoms with E-state index in [1.807, 2.05) is 30.5 Å². The Bertz CT molecular complexity index is 497. The van der Waals surface area contributed by atoms with Crippen LogP contribution in [0.25, 0.3) is 10.6 Å². The highest BCUT2D eigenvalue weighted by atomic mass is 32.2. The van der Waals surface area contributed by atoms with E-state index in [0.717, 1.165) is 16.3 Å². The van der Waals surface area contributed by atoms with Crippen molar-refractivity contribution in [3.63, 3.8) is 0 Å². The lowest BCUT2D eigenvalue weighted by molar-refractivity contribution is -0.105. The van der Waals surface area contributed by atoms with E-state index in [2.05, 4.69) is 19.4 Å². The van der Waals surface area contributed by atoms with Gasteiger partial charge in [-0.3, -0.25) is 10.1 Å². The molecule has 0 spiro atoms. The summed E-state index contributed by atoms with van der Waals surface area (Å²) in [5, 5.41) is 3.20. The van der Waals surface area contributed by atoms with Crippen molar-refractivity contribution in [1.82, 2.24) is 9.36 Å². The Balaban J connectivity index is 2.17. The molecule has 0 fully saturated rings. The SMILES string of the molecule is CSNc1ccc(-c2nc(NC=O)ns2)cc1. The number of nitrogens with one attached hydrogen (secondary N) is 2. The van der Waals surface area contributed by atoms with E-state index >= 15 is 0 Å². The lowest BCUT2D eigenvalue weighted by Gasteiger charge is -2.01. The van der Waals surface area contributed by atoms with Crippen LogP contribution in [0, 0.1) is 0 Å². The summed E-state index contributed by atoms with van der Waals surface area (Å²) in [6, 6.07) is 7.87. The van der Waals surface area contributed by atoms with Gasteiger partial charge in [-0.2, -0.15) is 9.36 Å². The van der Waals surface area contributed by atoms with E-state index in [-0.39, 0.29) is 0 Å². The third kappa shape index (κ3) is 2.95. The standard InChI is InChI=1S/C10H10N4OS2/c1-16-13-8-4-2-7(3-5-8)9-12-10(11-6-15)14-17-9/h2-6,13H,1H3,(H,11,14,15). The Morgan fingerprint density at radius 3 is 2.76 bits per heavy atom. The maximum atomic E-state index is 10.2. The van der Waals surface area contributed by atoms with Crippen molar-refractivity contribution in [1.29, 1.82) is 0 Å². The Hall–Kier alpha value is -1.60. The molecule has 1 heterocycles. The van der Waals surface area contributed by atoms with E-state index in [1.165, 1.54) is 11.5 Å². The fraction of sp³-hybridized carbons (Fsp3) is 0.100. The monoisotopic (exact) mass is 266 g/mol. The number of aromatic nitrogens is 2. The average Bonchev–Trinajstić information content (AvgIpc) is 2.80. The van der Waals surface area contributed by atoms with Gasteiger partial charge in [0.2, 0.25) is 12.4 Å². The lowest BCUT2D eigenvalue weighted by Crippen LogP contribution is -1.94. The summed E-state index contributed by atoms with van der Waals surface area (Å²) >= 11 is 2.80. The smallest absolute Gasteiger partial charge is 0.241 e. The molecule has 0 aliphatic carbocycles. The van der Waals surface area contributed by atoms with Crippen LogP contribution in [0.4, 0.5) is 11.6 Å². The summed E-state index contributed by atoms with van der Waals surface area (Å²) in [5.41, 5.74) is 2.02. The van der Waals surface area contributed by atoms with Crippen LogP contribution in [0.5, 0.6) is 0 Å².